The molecule has 0 spiro atoms. The number of hydrogen-bond donors (Lipinski definition) is 3. The fourth-order valence-electron chi connectivity index (χ4n) is 3.97. The van der Waals surface area contributed by atoms with E-state index in [1.807, 2.05) is 25.1 Å². The summed E-state index contributed by atoms with van der Waals surface area (Å²) in [5, 5.41) is -0.0184. The van der Waals surface area contributed by atoms with Crippen molar-refractivity contribution >= 4 is 35.0 Å². The lowest BCUT2D eigenvalue weighted by Gasteiger charge is -2.41. The molecule has 4 atom stereocenters. The van der Waals surface area contributed by atoms with Crippen LogP contribution in [0.2, 0.25) is 0 Å². The molecule has 3 aliphatic rings. The molecule has 2 amide bonds. The summed E-state index contributed by atoms with van der Waals surface area (Å²) < 4.78 is 5.62. The zero-order chi connectivity index (χ0) is 19.1. The topological polar surface area (TPSA) is 99.9 Å². The second-order valence-electron chi connectivity index (χ2n) is 7.16. The summed E-state index contributed by atoms with van der Waals surface area (Å²) >= 11 is 1.56. The first-order valence-corrected chi connectivity index (χ1v) is 10.2. The molecule has 4 N–H and O–H groups in total. The monoisotopic (exact) mass is 391 g/mol. The van der Waals surface area contributed by atoms with Crippen molar-refractivity contribution in [1.29, 1.82) is 0 Å². The molecule has 9 heteroatoms. The molecule has 0 aliphatic carbocycles. The van der Waals surface area contributed by atoms with Crippen LogP contribution in [-0.4, -0.2) is 42.6 Å². The van der Waals surface area contributed by atoms with Crippen LogP contribution in [0.25, 0.3) is 0 Å². The van der Waals surface area contributed by atoms with E-state index in [0.717, 1.165) is 29.8 Å². The average molecular weight is 391 g/mol. The molecule has 3 aliphatic heterocycles. The van der Waals surface area contributed by atoms with Crippen molar-refractivity contribution in [2.24, 2.45) is 5.73 Å². The molecule has 0 saturated carbocycles. The molecule has 146 valence electrons. The molecule has 1 aromatic rings. The van der Waals surface area contributed by atoms with Crippen molar-refractivity contribution in [3.63, 3.8) is 0 Å². The normalized spacial score (nSPS) is 30.5. The van der Waals surface area contributed by atoms with Crippen LogP contribution in [0.4, 0.5) is 11.4 Å². The van der Waals surface area contributed by atoms with Crippen LogP contribution < -0.4 is 26.4 Å². The predicted octanol–water partition coefficient (Wildman–Crippen LogP) is 1.04. The number of amides is 2. The number of carbonyl (C=O) groups is 2. The maximum Gasteiger partial charge on any atom is 0.256 e. The Morgan fingerprint density at radius 3 is 2.74 bits per heavy atom. The summed E-state index contributed by atoms with van der Waals surface area (Å²) in [6.45, 7) is 4.60. The van der Waals surface area contributed by atoms with Gasteiger partial charge in [-0.3, -0.25) is 9.59 Å². The molecule has 0 radical (unpaired) electrons. The fourth-order valence-corrected chi connectivity index (χ4v) is 4.84. The number of hydrogen-bond acceptors (Lipinski definition) is 7. The predicted molar refractivity (Wildman–Crippen MR) is 105 cm³/mol. The highest BCUT2D eigenvalue weighted by Gasteiger charge is 2.38. The number of hydrazine groups is 1. The van der Waals surface area contributed by atoms with Crippen LogP contribution in [0.3, 0.4) is 0 Å². The molecular formula is C18H25N5O3S. The maximum absolute atomic E-state index is 13.1. The Kier molecular flexibility index (Phi) is 5.13. The Morgan fingerprint density at radius 1 is 1.30 bits per heavy atom. The highest BCUT2D eigenvalue weighted by atomic mass is 32.2. The molecular weight excluding hydrogens is 366 g/mol. The van der Waals surface area contributed by atoms with Crippen molar-refractivity contribution in [2.45, 2.75) is 49.7 Å². The largest absolute Gasteiger partial charge is 0.368 e. The van der Waals surface area contributed by atoms with E-state index in [-0.39, 0.29) is 28.7 Å². The molecule has 27 heavy (non-hydrogen) atoms. The minimum absolute atomic E-state index is 0.0184. The van der Waals surface area contributed by atoms with Crippen LogP contribution in [0, 0.1) is 0 Å². The van der Waals surface area contributed by atoms with Gasteiger partial charge in [-0.25, -0.2) is 10.9 Å². The number of thioether (sulfide) groups is 1. The van der Waals surface area contributed by atoms with Crippen LogP contribution in [-0.2, 0) is 14.3 Å². The van der Waals surface area contributed by atoms with Crippen molar-refractivity contribution in [2.75, 3.05) is 23.0 Å². The van der Waals surface area contributed by atoms with Gasteiger partial charge in [0.2, 0.25) is 5.91 Å². The van der Waals surface area contributed by atoms with Crippen LogP contribution in [0.15, 0.2) is 18.2 Å². The molecule has 1 aromatic carbocycles. The second-order valence-corrected chi connectivity index (χ2v) is 8.41. The molecule has 4 unspecified atom stereocenters. The van der Waals surface area contributed by atoms with E-state index in [4.69, 9.17) is 10.5 Å². The highest BCUT2D eigenvalue weighted by Crippen LogP contribution is 2.41. The number of anilines is 2. The third-order valence-corrected chi connectivity index (χ3v) is 6.26. The number of fused-ring (bicyclic) bond motifs is 1. The number of ether oxygens (including phenoxy) is 1. The standard InChI is InChI=1S/C18H25N5O3S/c1-10-9-22(17(25)15-4-3-7-26-15)14-8-12(16-20-21-18(19)27-16)5-6-13(14)23(10)11(2)24/h5-6,8,10,15-16,18,20-21H,3-4,7,9,19H2,1-2H3. The third-order valence-electron chi connectivity index (χ3n) is 5.19. The maximum atomic E-state index is 13.1. The zero-order valence-electron chi connectivity index (χ0n) is 15.5. The van der Waals surface area contributed by atoms with Gasteiger partial charge in [0.25, 0.3) is 5.91 Å². The van der Waals surface area contributed by atoms with E-state index in [1.165, 1.54) is 0 Å². The van der Waals surface area contributed by atoms with Gasteiger partial charge in [0, 0.05) is 20.1 Å². The third kappa shape index (κ3) is 3.45. The summed E-state index contributed by atoms with van der Waals surface area (Å²) in [5.41, 5.74) is 14.4. The van der Waals surface area contributed by atoms with Crippen LogP contribution >= 0.6 is 11.8 Å². The van der Waals surface area contributed by atoms with Crippen molar-refractivity contribution < 1.29 is 14.3 Å². The summed E-state index contributed by atoms with van der Waals surface area (Å²) in [6, 6.07) is 5.78. The highest BCUT2D eigenvalue weighted by molar-refractivity contribution is 8.00. The number of benzene rings is 1. The molecule has 0 bridgehead atoms. The molecule has 0 aromatic heterocycles. The smallest absolute Gasteiger partial charge is 0.256 e. The van der Waals surface area contributed by atoms with Gasteiger partial charge in [0.15, 0.2) is 0 Å². The first kappa shape index (κ1) is 18.7. The number of nitrogens with two attached hydrogens (primary N) is 1. The zero-order valence-corrected chi connectivity index (χ0v) is 16.3. The summed E-state index contributed by atoms with van der Waals surface area (Å²) in [7, 11) is 0. The average Bonchev–Trinajstić information content (AvgIpc) is 3.31. The number of rotatable bonds is 2. The van der Waals surface area contributed by atoms with Gasteiger partial charge >= 0.3 is 0 Å². The quantitative estimate of drug-likeness (QED) is 0.692. The van der Waals surface area contributed by atoms with E-state index in [0.29, 0.717) is 13.2 Å². The summed E-state index contributed by atoms with van der Waals surface area (Å²) in [4.78, 5) is 28.9. The Labute approximate surface area is 162 Å². The number of nitrogens with zero attached hydrogens (tertiary/aromatic N) is 2. The van der Waals surface area contributed by atoms with Gasteiger partial charge in [-0.05, 0) is 37.5 Å². The van der Waals surface area contributed by atoms with Gasteiger partial charge in [-0.15, -0.1) is 11.8 Å². The Hall–Kier alpha value is -1.65. The first-order valence-electron chi connectivity index (χ1n) is 9.24. The molecule has 3 heterocycles. The Balaban J connectivity index is 1.73. The van der Waals surface area contributed by atoms with Crippen molar-refractivity contribution in [3.8, 4) is 0 Å². The minimum Gasteiger partial charge on any atom is -0.368 e. The van der Waals surface area contributed by atoms with E-state index < -0.39 is 6.10 Å². The van der Waals surface area contributed by atoms with Crippen LogP contribution in [0.5, 0.6) is 0 Å². The number of carbonyl (C=O) groups excluding carboxylic acids is 2. The molecule has 4 rings (SSSR count). The summed E-state index contributed by atoms with van der Waals surface area (Å²) in [6.07, 6.45) is 1.25. The van der Waals surface area contributed by atoms with E-state index in [2.05, 4.69) is 10.9 Å². The molecule has 2 fully saturated rings. The van der Waals surface area contributed by atoms with Gasteiger partial charge < -0.3 is 20.3 Å². The lowest BCUT2D eigenvalue weighted by molar-refractivity contribution is -0.127. The fraction of sp³-hybridized carbons (Fsp3) is 0.556. The van der Waals surface area contributed by atoms with E-state index in [1.54, 1.807) is 28.5 Å². The summed E-state index contributed by atoms with van der Waals surface area (Å²) in [5.74, 6) is -0.0550. The van der Waals surface area contributed by atoms with Crippen LogP contribution in [0.1, 0.15) is 37.6 Å². The lowest BCUT2D eigenvalue weighted by atomic mass is 10.0. The minimum atomic E-state index is -0.397. The van der Waals surface area contributed by atoms with Gasteiger partial charge in [-0.1, -0.05) is 6.07 Å². The van der Waals surface area contributed by atoms with Gasteiger partial charge in [0.1, 0.15) is 11.6 Å². The van der Waals surface area contributed by atoms with Gasteiger partial charge in [0.05, 0.1) is 22.8 Å². The first-order chi connectivity index (χ1) is 13.0. The SMILES string of the molecule is CC(=O)N1c2ccc(C3NNC(N)S3)cc2N(C(=O)C2CCCO2)CC1C. The lowest BCUT2D eigenvalue weighted by Crippen LogP contribution is -2.53. The van der Waals surface area contributed by atoms with Crippen molar-refractivity contribution in [3.05, 3.63) is 23.8 Å². The van der Waals surface area contributed by atoms with E-state index in [9.17, 15) is 9.59 Å². The van der Waals surface area contributed by atoms with E-state index >= 15 is 0 Å². The second kappa shape index (κ2) is 7.40. The number of nitrogens with one attached hydrogen (secondary N) is 2. The Morgan fingerprint density at radius 2 is 2.11 bits per heavy atom. The molecule has 2 saturated heterocycles. The molecule has 8 nitrogen and oxygen atoms in total. The van der Waals surface area contributed by atoms with Crippen molar-refractivity contribution in [1.82, 2.24) is 10.9 Å². The Bertz CT molecular complexity index is 755. The van der Waals surface area contributed by atoms with Gasteiger partial charge in [-0.2, -0.15) is 0 Å².